The maximum Gasteiger partial charge on any atom is 0.290 e. The maximum atomic E-state index is 12.6. The molecular formula is C25H34N4O4S. The van der Waals surface area contributed by atoms with Crippen molar-refractivity contribution in [1.82, 2.24) is 9.97 Å². The second-order valence-electron chi connectivity index (χ2n) is 9.80. The summed E-state index contributed by atoms with van der Waals surface area (Å²) >= 11 is 0. The Morgan fingerprint density at radius 2 is 2.06 bits per heavy atom. The second-order valence-corrected chi connectivity index (χ2v) is 11.8. The number of aromatic nitrogens is 3. The van der Waals surface area contributed by atoms with Gasteiger partial charge in [0, 0.05) is 11.1 Å². The zero-order valence-electron chi connectivity index (χ0n) is 20.5. The lowest BCUT2D eigenvalue weighted by atomic mass is 9.75. The molecule has 4 rings (SSSR count). The summed E-state index contributed by atoms with van der Waals surface area (Å²) in [4.78, 5) is 7.59. The molecule has 184 valence electrons. The van der Waals surface area contributed by atoms with Crippen molar-refractivity contribution in [2.75, 3.05) is 10.5 Å². The molecular weight excluding hydrogens is 452 g/mol. The molecule has 0 aromatic carbocycles. The molecule has 0 radical (unpaired) electrons. The van der Waals surface area contributed by atoms with Gasteiger partial charge in [-0.05, 0) is 69.1 Å². The monoisotopic (exact) mass is 486 g/mol. The third-order valence-corrected chi connectivity index (χ3v) is 8.21. The Morgan fingerprint density at radius 1 is 1.29 bits per heavy atom. The number of fused-ring (bicyclic) bond motifs is 1. The minimum atomic E-state index is -3.48. The van der Waals surface area contributed by atoms with Crippen LogP contribution in [0, 0.1) is 29.9 Å². The van der Waals surface area contributed by atoms with Gasteiger partial charge >= 0.3 is 0 Å². The molecule has 0 amide bonds. The van der Waals surface area contributed by atoms with E-state index in [-0.39, 0.29) is 11.9 Å². The summed E-state index contributed by atoms with van der Waals surface area (Å²) in [6.45, 7) is 10.1. The number of hydrogen-bond acceptors (Lipinski definition) is 5. The third-order valence-electron chi connectivity index (χ3n) is 6.90. The fourth-order valence-corrected chi connectivity index (χ4v) is 5.54. The molecule has 1 aliphatic rings. The zero-order chi connectivity index (χ0) is 24.6. The van der Waals surface area contributed by atoms with Crippen LogP contribution in [0.25, 0.3) is 22.2 Å². The van der Waals surface area contributed by atoms with Crippen molar-refractivity contribution in [1.29, 1.82) is 0 Å². The Labute approximate surface area is 201 Å². The highest BCUT2D eigenvalue weighted by Crippen LogP contribution is 2.40. The summed E-state index contributed by atoms with van der Waals surface area (Å²) < 4.78 is 34.5. The molecule has 1 saturated carbocycles. The van der Waals surface area contributed by atoms with E-state index in [1.807, 2.05) is 6.07 Å². The van der Waals surface area contributed by atoms with E-state index in [1.54, 1.807) is 32.2 Å². The lowest BCUT2D eigenvalue weighted by Gasteiger charge is -2.37. The number of pyridine rings is 2. The van der Waals surface area contributed by atoms with Crippen LogP contribution in [0.1, 0.15) is 52.7 Å². The molecule has 3 aromatic heterocycles. The first-order valence-corrected chi connectivity index (χ1v) is 13.6. The number of H-pyrrole nitrogens is 1. The third kappa shape index (κ3) is 4.85. The molecule has 3 unspecified atom stereocenters. The number of rotatable bonds is 7. The number of nitrogens with zero attached hydrogens (tertiary/aromatic N) is 2. The zero-order valence-corrected chi connectivity index (χ0v) is 21.3. The molecule has 8 nitrogen and oxygen atoms in total. The van der Waals surface area contributed by atoms with Gasteiger partial charge in [-0.2, -0.15) is 0 Å². The molecule has 0 aliphatic heterocycles. The van der Waals surface area contributed by atoms with Crippen molar-refractivity contribution in [3.63, 3.8) is 0 Å². The van der Waals surface area contributed by atoms with Crippen LogP contribution >= 0.6 is 0 Å². The van der Waals surface area contributed by atoms with E-state index >= 15 is 0 Å². The minimum Gasteiger partial charge on any atom is -0.710 e. The molecule has 9 heteroatoms. The van der Waals surface area contributed by atoms with Crippen LogP contribution in [0.2, 0.25) is 0 Å². The van der Waals surface area contributed by atoms with E-state index < -0.39 is 10.0 Å². The molecule has 0 saturated heterocycles. The largest absolute Gasteiger partial charge is 0.710 e. The Kier molecular flexibility index (Phi) is 6.75. The lowest BCUT2D eigenvalue weighted by molar-refractivity contribution is -0.586. The van der Waals surface area contributed by atoms with Gasteiger partial charge in [0.15, 0.2) is 0 Å². The molecule has 2 N–H and O–H groups in total. The summed E-state index contributed by atoms with van der Waals surface area (Å²) in [6, 6.07) is 5.39. The van der Waals surface area contributed by atoms with Crippen LogP contribution in [0.5, 0.6) is 5.88 Å². The average molecular weight is 487 g/mol. The van der Waals surface area contributed by atoms with E-state index in [9.17, 15) is 13.6 Å². The Balaban J connectivity index is 1.83. The fraction of sp³-hybridized carbons (Fsp3) is 0.520. The van der Waals surface area contributed by atoms with Crippen molar-refractivity contribution >= 4 is 26.7 Å². The first-order chi connectivity index (χ1) is 16.1. The van der Waals surface area contributed by atoms with Gasteiger partial charge < -0.3 is 9.94 Å². The lowest BCUT2D eigenvalue weighted by Crippen LogP contribution is -2.36. The highest BCUT2D eigenvalue weighted by Gasteiger charge is 2.33. The topological polar surface area (TPSA) is 111 Å². The highest BCUT2D eigenvalue weighted by molar-refractivity contribution is 7.92. The smallest absolute Gasteiger partial charge is 0.290 e. The second kappa shape index (κ2) is 9.44. The van der Waals surface area contributed by atoms with Gasteiger partial charge in [-0.1, -0.05) is 20.8 Å². The van der Waals surface area contributed by atoms with Crippen molar-refractivity contribution < 1.29 is 17.9 Å². The number of hydrogen-bond donors (Lipinski definition) is 2. The number of aromatic amines is 1. The van der Waals surface area contributed by atoms with Crippen LogP contribution in [0.3, 0.4) is 0 Å². The van der Waals surface area contributed by atoms with Gasteiger partial charge in [0.1, 0.15) is 11.8 Å². The molecule has 0 bridgehead atoms. The highest BCUT2D eigenvalue weighted by atomic mass is 32.2. The van der Waals surface area contributed by atoms with Crippen LogP contribution in [-0.2, 0) is 10.0 Å². The average Bonchev–Trinajstić information content (AvgIpc) is 3.28. The predicted molar refractivity (Wildman–Crippen MR) is 134 cm³/mol. The fourth-order valence-electron chi connectivity index (χ4n) is 4.93. The van der Waals surface area contributed by atoms with E-state index in [4.69, 9.17) is 4.74 Å². The molecule has 3 heterocycles. The Morgan fingerprint density at radius 3 is 2.76 bits per heavy atom. The first kappa shape index (κ1) is 24.3. The Bertz CT molecular complexity index is 1290. The van der Waals surface area contributed by atoms with Crippen LogP contribution in [0.4, 0.5) is 5.69 Å². The van der Waals surface area contributed by atoms with Crippen molar-refractivity contribution in [3.8, 4) is 17.0 Å². The summed E-state index contributed by atoms with van der Waals surface area (Å²) in [5, 5.41) is 13.3. The van der Waals surface area contributed by atoms with Gasteiger partial charge in [-0.3, -0.25) is 4.72 Å². The molecule has 1 fully saturated rings. The number of ether oxygens (including phenoxy) is 1. The molecule has 1 aliphatic carbocycles. The van der Waals surface area contributed by atoms with Crippen LogP contribution in [0.15, 0.2) is 30.6 Å². The number of nitrogens with one attached hydrogen (secondary N) is 2. The summed E-state index contributed by atoms with van der Waals surface area (Å²) in [7, 11) is -3.48. The molecule has 3 aromatic rings. The van der Waals surface area contributed by atoms with E-state index in [0.29, 0.717) is 46.2 Å². The van der Waals surface area contributed by atoms with Crippen molar-refractivity contribution in [2.45, 2.75) is 60.0 Å². The van der Waals surface area contributed by atoms with Gasteiger partial charge in [-0.15, -0.1) is 0 Å². The van der Waals surface area contributed by atoms with Gasteiger partial charge in [-0.25, -0.2) is 23.1 Å². The SMILES string of the molecule is CCS(=O)(=O)Nc1cnc(OC2CCC(C)CC2C(C)C)c(-c2cc(C)[n+]([O-])c3[nH]ccc23)c1. The summed E-state index contributed by atoms with van der Waals surface area (Å²) in [6.07, 6.45) is 6.39. The normalized spacial score (nSPS) is 21.2. The van der Waals surface area contributed by atoms with E-state index in [1.165, 1.54) is 6.20 Å². The standard InChI is InChI=1S/C25H34N4O4S/c1-6-34(31,32)28-18-13-22(21-12-17(5)29(30)24-19(21)9-10-26-24)25(27-14-18)33-23-8-7-16(4)11-20(23)15(2)3/h9-10,12-16,20,23,26,28H,6-8,11H2,1-5H3. The van der Waals surface area contributed by atoms with Crippen molar-refractivity contribution in [2.24, 2.45) is 17.8 Å². The van der Waals surface area contributed by atoms with Crippen molar-refractivity contribution in [3.05, 3.63) is 41.5 Å². The van der Waals surface area contributed by atoms with Crippen LogP contribution in [-0.4, -0.2) is 30.2 Å². The number of aryl methyl sites for hydroxylation is 1. The number of sulfonamides is 1. The summed E-state index contributed by atoms with van der Waals surface area (Å²) in [5.74, 6) is 1.95. The molecule has 34 heavy (non-hydrogen) atoms. The molecule has 0 spiro atoms. The predicted octanol–water partition coefficient (Wildman–Crippen LogP) is 4.77. The van der Waals surface area contributed by atoms with Gasteiger partial charge in [0.2, 0.25) is 15.9 Å². The molecule has 3 atom stereocenters. The van der Waals surface area contributed by atoms with Gasteiger partial charge in [0.25, 0.3) is 5.65 Å². The number of anilines is 1. The maximum absolute atomic E-state index is 12.6. The Hall–Kier alpha value is -2.81. The van der Waals surface area contributed by atoms with E-state index in [2.05, 4.69) is 35.5 Å². The minimum absolute atomic E-state index is 0.0246. The first-order valence-electron chi connectivity index (χ1n) is 12.0. The van der Waals surface area contributed by atoms with Crippen LogP contribution < -0.4 is 14.2 Å². The van der Waals surface area contributed by atoms with Gasteiger partial charge in [0.05, 0.1) is 29.2 Å². The van der Waals surface area contributed by atoms with E-state index in [0.717, 1.165) is 34.9 Å². The quantitative estimate of drug-likeness (QED) is 0.369. The summed E-state index contributed by atoms with van der Waals surface area (Å²) in [5.41, 5.74) is 2.74.